The lowest BCUT2D eigenvalue weighted by Gasteiger charge is -2.35. The number of hydroxylamine groups is 1. The van der Waals surface area contributed by atoms with Crippen LogP contribution in [-0.2, 0) is 9.63 Å². The summed E-state index contributed by atoms with van der Waals surface area (Å²) in [5.41, 5.74) is 4.59. The second-order valence-corrected chi connectivity index (χ2v) is 6.96. The number of ether oxygens (including phenoxy) is 1. The average Bonchev–Trinajstić information content (AvgIpc) is 3.11. The number of hydrogen-bond donors (Lipinski definition) is 1. The Kier molecular flexibility index (Phi) is 4.81. The number of likely N-dealkylation sites (tertiary alicyclic amines) is 1. The number of nitrogens with zero attached hydrogens (tertiary/aromatic N) is 2. The van der Waals surface area contributed by atoms with Gasteiger partial charge in [0.15, 0.2) is 18.2 Å². The first-order valence-electron chi connectivity index (χ1n) is 9.20. The molecule has 2 aromatic carbocycles. The van der Waals surface area contributed by atoms with Gasteiger partial charge >= 0.3 is 0 Å². The van der Waals surface area contributed by atoms with E-state index in [0.717, 1.165) is 11.4 Å². The first-order chi connectivity index (χ1) is 13.1. The summed E-state index contributed by atoms with van der Waals surface area (Å²) in [5, 5.41) is 0. The number of amidine groups is 1. The summed E-state index contributed by atoms with van der Waals surface area (Å²) in [6.45, 7) is 3.31. The van der Waals surface area contributed by atoms with Gasteiger partial charge in [0.25, 0.3) is 5.91 Å². The molecule has 1 saturated heterocycles. The Labute approximate surface area is 158 Å². The molecule has 140 valence electrons. The summed E-state index contributed by atoms with van der Waals surface area (Å²) >= 11 is 0. The van der Waals surface area contributed by atoms with Crippen LogP contribution in [0.2, 0.25) is 0 Å². The fraction of sp³-hybridized carbons (Fsp3) is 0.333. The van der Waals surface area contributed by atoms with Gasteiger partial charge < -0.3 is 9.64 Å². The standard InChI is InChI=1S/C21H23N3O3/c1-16-7-9-17(10-8-16)20-22-21(27-23-20)11-13-24(14-12-21)19(25)15-26-18-5-3-2-4-6-18/h2-10H,11-15H2,1H3,(H,22,23). The molecule has 1 fully saturated rings. The van der Waals surface area contributed by atoms with Crippen molar-refractivity contribution in [3.05, 3.63) is 65.7 Å². The van der Waals surface area contributed by atoms with Crippen LogP contribution in [0.3, 0.4) is 0 Å². The number of aliphatic imine (C=N–C) groups is 1. The molecular formula is C21H23N3O3. The molecule has 1 amide bonds. The lowest BCUT2D eigenvalue weighted by molar-refractivity contribution is -0.141. The van der Waals surface area contributed by atoms with E-state index < -0.39 is 5.72 Å². The number of hydrogen-bond acceptors (Lipinski definition) is 5. The van der Waals surface area contributed by atoms with Gasteiger partial charge in [0.2, 0.25) is 0 Å². The van der Waals surface area contributed by atoms with Crippen LogP contribution in [0.4, 0.5) is 0 Å². The van der Waals surface area contributed by atoms with E-state index in [1.165, 1.54) is 5.56 Å². The van der Waals surface area contributed by atoms with Gasteiger partial charge in [-0.25, -0.2) is 15.3 Å². The zero-order valence-electron chi connectivity index (χ0n) is 15.4. The van der Waals surface area contributed by atoms with Crippen LogP contribution < -0.4 is 10.2 Å². The third-order valence-electron chi connectivity index (χ3n) is 4.98. The molecule has 0 atom stereocenters. The first kappa shape index (κ1) is 17.5. The lowest BCUT2D eigenvalue weighted by atomic mass is 10.0. The van der Waals surface area contributed by atoms with E-state index in [4.69, 9.17) is 14.6 Å². The highest BCUT2D eigenvalue weighted by atomic mass is 16.7. The van der Waals surface area contributed by atoms with Crippen LogP contribution >= 0.6 is 0 Å². The molecule has 4 rings (SSSR count). The van der Waals surface area contributed by atoms with Crippen molar-refractivity contribution < 1.29 is 14.4 Å². The van der Waals surface area contributed by atoms with E-state index in [0.29, 0.717) is 31.7 Å². The molecule has 2 heterocycles. The van der Waals surface area contributed by atoms with Gasteiger partial charge in [-0.2, -0.15) is 0 Å². The van der Waals surface area contributed by atoms with E-state index in [1.54, 1.807) is 0 Å². The van der Waals surface area contributed by atoms with E-state index >= 15 is 0 Å². The predicted molar refractivity (Wildman–Crippen MR) is 102 cm³/mol. The van der Waals surface area contributed by atoms with Gasteiger partial charge in [-0.1, -0.05) is 48.0 Å². The molecule has 0 saturated carbocycles. The molecule has 6 nitrogen and oxygen atoms in total. The van der Waals surface area contributed by atoms with Gasteiger partial charge in [0, 0.05) is 31.5 Å². The quantitative estimate of drug-likeness (QED) is 0.905. The second kappa shape index (κ2) is 7.40. The smallest absolute Gasteiger partial charge is 0.260 e. The molecular weight excluding hydrogens is 342 g/mol. The molecule has 2 aliphatic rings. The fourth-order valence-electron chi connectivity index (χ4n) is 3.30. The third kappa shape index (κ3) is 3.95. The van der Waals surface area contributed by atoms with Crippen LogP contribution in [0.15, 0.2) is 59.6 Å². The molecule has 1 N–H and O–H groups in total. The van der Waals surface area contributed by atoms with Crippen molar-refractivity contribution in [1.29, 1.82) is 0 Å². The number of nitrogens with one attached hydrogen (secondary N) is 1. The van der Waals surface area contributed by atoms with Gasteiger partial charge in [-0.3, -0.25) is 4.79 Å². The van der Waals surface area contributed by atoms with Crippen molar-refractivity contribution in [1.82, 2.24) is 10.4 Å². The van der Waals surface area contributed by atoms with Crippen LogP contribution in [-0.4, -0.2) is 42.1 Å². The number of carbonyl (C=O) groups is 1. The van der Waals surface area contributed by atoms with Gasteiger partial charge in [0.1, 0.15) is 5.75 Å². The van der Waals surface area contributed by atoms with E-state index in [-0.39, 0.29) is 12.5 Å². The summed E-state index contributed by atoms with van der Waals surface area (Å²) in [4.78, 5) is 24.8. The number of amides is 1. The van der Waals surface area contributed by atoms with Crippen LogP contribution in [0.5, 0.6) is 5.75 Å². The molecule has 0 bridgehead atoms. The summed E-state index contributed by atoms with van der Waals surface area (Å²) in [5.74, 6) is 1.44. The molecule has 0 unspecified atom stereocenters. The Hall–Kier alpha value is -2.86. The monoisotopic (exact) mass is 365 g/mol. The Morgan fingerprint density at radius 1 is 1.15 bits per heavy atom. The van der Waals surface area contributed by atoms with E-state index in [1.807, 2.05) is 47.4 Å². The molecule has 2 aliphatic heterocycles. The van der Waals surface area contributed by atoms with Crippen molar-refractivity contribution in [2.75, 3.05) is 19.7 Å². The predicted octanol–water partition coefficient (Wildman–Crippen LogP) is 2.67. The van der Waals surface area contributed by atoms with Crippen molar-refractivity contribution >= 4 is 11.7 Å². The number of benzene rings is 2. The molecule has 0 radical (unpaired) electrons. The molecule has 6 heteroatoms. The number of piperidine rings is 1. The number of aryl methyl sites for hydroxylation is 1. The van der Waals surface area contributed by atoms with E-state index in [2.05, 4.69) is 24.5 Å². The lowest BCUT2D eigenvalue weighted by Crippen LogP contribution is -2.47. The largest absolute Gasteiger partial charge is 0.484 e. The Balaban J connectivity index is 1.33. The van der Waals surface area contributed by atoms with Crippen LogP contribution in [0.25, 0.3) is 0 Å². The summed E-state index contributed by atoms with van der Waals surface area (Å²) < 4.78 is 5.56. The Bertz CT molecular complexity index is 826. The minimum absolute atomic E-state index is 0.0117. The highest BCUT2D eigenvalue weighted by Gasteiger charge is 2.41. The van der Waals surface area contributed by atoms with Crippen LogP contribution in [0.1, 0.15) is 24.0 Å². The number of para-hydroxylation sites is 1. The van der Waals surface area contributed by atoms with Crippen molar-refractivity contribution in [3.8, 4) is 5.75 Å². The first-order valence-corrected chi connectivity index (χ1v) is 9.20. The average molecular weight is 365 g/mol. The molecule has 27 heavy (non-hydrogen) atoms. The minimum atomic E-state index is -0.586. The molecule has 1 spiro atoms. The van der Waals surface area contributed by atoms with Crippen LogP contribution in [0, 0.1) is 6.92 Å². The maximum Gasteiger partial charge on any atom is 0.260 e. The van der Waals surface area contributed by atoms with Gasteiger partial charge in [-0.05, 0) is 19.1 Å². The summed E-state index contributed by atoms with van der Waals surface area (Å²) in [6, 6.07) is 17.6. The highest BCUT2D eigenvalue weighted by molar-refractivity contribution is 5.99. The minimum Gasteiger partial charge on any atom is -0.484 e. The van der Waals surface area contributed by atoms with Gasteiger partial charge in [0.05, 0.1) is 0 Å². The zero-order valence-corrected chi connectivity index (χ0v) is 15.4. The van der Waals surface area contributed by atoms with E-state index in [9.17, 15) is 4.79 Å². The van der Waals surface area contributed by atoms with Crippen molar-refractivity contribution in [2.45, 2.75) is 25.5 Å². The number of rotatable bonds is 4. The normalized spacial score (nSPS) is 18.1. The fourth-order valence-corrected chi connectivity index (χ4v) is 3.30. The summed E-state index contributed by atoms with van der Waals surface area (Å²) in [7, 11) is 0. The van der Waals surface area contributed by atoms with Crippen molar-refractivity contribution in [2.24, 2.45) is 4.99 Å². The summed E-state index contributed by atoms with van der Waals surface area (Å²) in [6.07, 6.45) is 1.32. The Morgan fingerprint density at radius 3 is 2.56 bits per heavy atom. The SMILES string of the molecule is Cc1ccc(C2=NC3(CCN(C(=O)COc4ccccc4)CC3)ON2)cc1. The third-order valence-corrected chi connectivity index (χ3v) is 4.98. The molecule has 2 aromatic rings. The molecule has 0 aromatic heterocycles. The highest BCUT2D eigenvalue weighted by Crippen LogP contribution is 2.31. The van der Waals surface area contributed by atoms with Crippen molar-refractivity contribution in [3.63, 3.8) is 0 Å². The van der Waals surface area contributed by atoms with Gasteiger partial charge in [-0.15, -0.1) is 0 Å². The zero-order chi connectivity index (χ0) is 18.7. The molecule has 0 aliphatic carbocycles. The maximum atomic E-state index is 12.4. The Morgan fingerprint density at radius 2 is 1.85 bits per heavy atom. The maximum absolute atomic E-state index is 12.4. The topological polar surface area (TPSA) is 63.2 Å². The number of carbonyl (C=O) groups excluding carboxylic acids is 1. The second-order valence-electron chi connectivity index (χ2n) is 6.96.